The van der Waals surface area contributed by atoms with Crippen LogP contribution in [0.1, 0.15) is 88.2 Å². The van der Waals surface area contributed by atoms with E-state index in [0.29, 0.717) is 17.9 Å². The van der Waals surface area contributed by atoms with Crippen LogP contribution >= 0.6 is 0 Å². The minimum absolute atomic E-state index is 0.379. The first-order valence-electron chi connectivity index (χ1n) is 12.3. The first kappa shape index (κ1) is 23.7. The van der Waals surface area contributed by atoms with Gasteiger partial charge in [0, 0.05) is 6.61 Å². The van der Waals surface area contributed by atoms with Crippen molar-refractivity contribution in [3.63, 3.8) is 0 Å². The predicted molar refractivity (Wildman–Crippen MR) is 125 cm³/mol. The average Bonchev–Trinajstić information content (AvgIpc) is 2.83. The SMILES string of the molecule is CCCCc1ccc([C@H]2CC[C@H](CO[C@H]3CC[C@H](/C=C/C=C(\F)C#N)CC3)CC2)cc1. The molecule has 0 aliphatic heterocycles. The summed E-state index contributed by atoms with van der Waals surface area (Å²) in [5.74, 6) is 1.17. The van der Waals surface area contributed by atoms with Gasteiger partial charge in [0.25, 0.3) is 0 Å². The number of nitrogens with zero attached hydrogens (tertiary/aromatic N) is 1. The number of ether oxygens (including phenoxy) is 1. The summed E-state index contributed by atoms with van der Waals surface area (Å²) in [6, 6.07) is 10.9. The zero-order chi connectivity index (χ0) is 21.9. The molecule has 2 aliphatic carbocycles. The smallest absolute Gasteiger partial charge is 0.199 e. The van der Waals surface area contributed by atoms with Gasteiger partial charge in [-0.3, -0.25) is 0 Å². The molecule has 168 valence electrons. The van der Waals surface area contributed by atoms with Gasteiger partial charge in [0.15, 0.2) is 5.83 Å². The lowest BCUT2D eigenvalue weighted by molar-refractivity contribution is -0.00456. The number of rotatable bonds is 9. The van der Waals surface area contributed by atoms with E-state index in [0.717, 1.165) is 38.2 Å². The van der Waals surface area contributed by atoms with Gasteiger partial charge in [-0.05, 0) is 99.2 Å². The van der Waals surface area contributed by atoms with E-state index in [1.54, 1.807) is 6.08 Å². The molecule has 3 heteroatoms. The lowest BCUT2D eigenvalue weighted by Gasteiger charge is -2.32. The molecule has 0 radical (unpaired) electrons. The molecule has 2 aliphatic rings. The van der Waals surface area contributed by atoms with Crippen LogP contribution < -0.4 is 0 Å². The molecule has 1 aromatic rings. The molecule has 1 aromatic carbocycles. The Balaban J connectivity index is 1.32. The summed E-state index contributed by atoms with van der Waals surface area (Å²) in [4.78, 5) is 0. The maximum Gasteiger partial charge on any atom is 0.199 e. The van der Waals surface area contributed by atoms with Crippen molar-refractivity contribution in [3.05, 3.63) is 59.4 Å². The van der Waals surface area contributed by atoms with Gasteiger partial charge in [0.05, 0.1) is 6.10 Å². The minimum atomic E-state index is -0.730. The molecule has 0 amide bonds. The Morgan fingerprint density at radius 2 is 1.77 bits per heavy atom. The highest BCUT2D eigenvalue weighted by Crippen LogP contribution is 2.37. The third-order valence-corrected chi connectivity index (χ3v) is 7.14. The molecule has 0 heterocycles. The van der Waals surface area contributed by atoms with Crippen molar-refractivity contribution < 1.29 is 9.13 Å². The van der Waals surface area contributed by atoms with Crippen LogP contribution in [0.3, 0.4) is 0 Å². The van der Waals surface area contributed by atoms with Crippen LogP contribution in [0.25, 0.3) is 0 Å². The monoisotopic (exact) mass is 423 g/mol. The molecule has 2 saturated carbocycles. The summed E-state index contributed by atoms with van der Waals surface area (Å²) in [6.45, 7) is 3.16. The number of hydrogen-bond acceptors (Lipinski definition) is 2. The summed E-state index contributed by atoms with van der Waals surface area (Å²) in [6.07, 6.45) is 18.5. The van der Waals surface area contributed by atoms with Crippen LogP contribution in [0, 0.1) is 23.2 Å². The molecule has 2 fully saturated rings. The van der Waals surface area contributed by atoms with Gasteiger partial charge >= 0.3 is 0 Å². The Hall–Kier alpha value is -1.92. The van der Waals surface area contributed by atoms with Crippen LogP contribution in [-0.4, -0.2) is 12.7 Å². The highest BCUT2D eigenvalue weighted by molar-refractivity contribution is 5.26. The fourth-order valence-electron chi connectivity index (χ4n) is 5.05. The first-order valence-corrected chi connectivity index (χ1v) is 12.3. The number of aryl methyl sites for hydroxylation is 1. The highest BCUT2D eigenvalue weighted by atomic mass is 19.1. The molecular formula is C28H38FNO. The van der Waals surface area contributed by atoms with E-state index in [-0.39, 0.29) is 0 Å². The fourth-order valence-corrected chi connectivity index (χ4v) is 5.05. The van der Waals surface area contributed by atoms with E-state index in [1.807, 2.05) is 6.08 Å². The van der Waals surface area contributed by atoms with Gasteiger partial charge in [-0.15, -0.1) is 0 Å². The van der Waals surface area contributed by atoms with Gasteiger partial charge in [-0.1, -0.05) is 49.8 Å². The highest BCUT2D eigenvalue weighted by Gasteiger charge is 2.25. The Morgan fingerprint density at radius 1 is 1.06 bits per heavy atom. The number of allylic oxidation sites excluding steroid dienone is 4. The standard InChI is InChI=1S/C28H38FNO/c1-2-3-5-22-8-14-25(15-9-22)26-16-10-24(11-17-26)21-31-28-18-12-23(13-19-28)6-4-7-27(29)20-30/h4,6-9,14-15,23-24,26,28H,2-3,5,10-13,16-19,21H2,1H3/b6-4+,27-7-/t23-,24-,26-,28-. The Morgan fingerprint density at radius 3 is 2.42 bits per heavy atom. The van der Waals surface area contributed by atoms with Gasteiger partial charge in [0.2, 0.25) is 0 Å². The van der Waals surface area contributed by atoms with Crippen LogP contribution in [0.5, 0.6) is 0 Å². The summed E-state index contributed by atoms with van der Waals surface area (Å²) >= 11 is 0. The molecular weight excluding hydrogens is 385 g/mol. The predicted octanol–water partition coefficient (Wildman–Crippen LogP) is 7.81. The van der Waals surface area contributed by atoms with E-state index in [4.69, 9.17) is 10.00 Å². The Labute approximate surface area is 188 Å². The van der Waals surface area contributed by atoms with Gasteiger partial charge < -0.3 is 4.74 Å². The van der Waals surface area contributed by atoms with Crippen LogP contribution in [0.2, 0.25) is 0 Å². The normalized spacial score (nSPS) is 27.3. The average molecular weight is 424 g/mol. The second-order valence-corrected chi connectivity index (χ2v) is 9.44. The van der Waals surface area contributed by atoms with Crippen molar-refractivity contribution in [1.29, 1.82) is 5.26 Å². The van der Waals surface area contributed by atoms with Crippen LogP contribution in [0.15, 0.2) is 48.3 Å². The fraction of sp³-hybridized carbons (Fsp3) is 0.607. The number of nitriles is 1. The van der Waals surface area contributed by atoms with Crippen molar-refractivity contribution in [2.24, 2.45) is 11.8 Å². The van der Waals surface area contributed by atoms with Crippen molar-refractivity contribution in [3.8, 4) is 6.07 Å². The summed E-state index contributed by atoms with van der Waals surface area (Å²) in [5, 5.41) is 8.44. The molecule has 0 atom stereocenters. The third-order valence-electron chi connectivity index (χ3n) is 7.14. The zero-order valence-corrected chi connectivity index (χ0v) is 19.1. The minimum Gasteiger partial charge on any atom is -0.378 e. The molecule has 0 unspecified atom stereocenters. The molecule has 0 bridgehead atoms. The van der Waals surface area contributed by atoms with Gasteiger partial charge in [-0.25, -0.2) is 0 Å². The molecule has 3 rings (SSSR count). The maximum atomic E-state index is 12.8. The van der Waals surface area contributed by atoms with E-state index < -0.39 is 5.83 Å². The van der Waals surface area contributed by atoms with Gasteiger partial charge in [-0.2, -0.15) is 9.65 Å². The van der Waals surface area contributed by atoms with E-state index in [9.17, 15) is 4.39 Å². The number of unbranched alkanes of at least 4 members (excludes halogenated alkanes) is 1. The second-order valence-electron chi connectivity index (χ2n) is 9.44. The number of benzene rings is 1. The molecule has 0 aromatic heterocycles. The lowest BCUT2D eigenvalue weighted by Crippen LogP contribution is -2.25. The topological polar surface area (TPSA) is 33.0 Å². The van der Waals surface area contributed by atoms with Crippen molar-refractivity contribution in [1.82, 2.24) is 0 Å². The van der Waals surface area contributed by atoms with Crippen molar-refractivity contribution in [2.75, 3.05) is 6.61 Å². The summed E-state index contributed by atoms with van der Waals surface area (Å²) in [5.41, 5.74) is 3.00. The van der Waals surface area contributed by atoms with E-state index >= 15 is 0 Å². The maximum absolute atomic E-state index is 12.8. The summed E-state index contributed by atoms with van der Waals surface area (Å²) in [7, 11) is 0. The molecule has 0 saturated heterocycles. The largest absolute Gasteiger partial charge is 0.378 e. The van der Waals surface area contributed by atoms with E-state index in [2.05, 4.69) is 31.2 Å². The number of halogens is 1. The molecule has 2 nitrogen and oxygen atoms in total. The second kappa shape index (κ2) is 12.8. The Kier molecular flexibility index (Phi) is 9.82. The van der Waals surface area contributed by atoms with Crippen molar-refractivity contribution in [2.45, 2.75) is 89.6 Å². The van der Waals surface area contributed by atoms with E-state index in [1.165, 1.54) is 68.2 Å². The van der Waals surface area contributed by atoms with Crippen molar-refractivity contribution >= 4 is 0 Å². The van der Waals surface area contributed by atoms with Gasteiger partial charge in [0.1, 0.15) is 6.07 Å². The third kappa shape index (κ3) is 7.93. The Bertz CT molecular complexity index is 744. The van der Waals surface area contributed by atoms with Crippen LogP contribution in [-0.2, 0) is 11.2 Å². The lowest BCUT2D eigenvalue weighted by atomic mass is 9.78. The summed E-state index contributed by atoms with van der Waals surface area (Å²) < 4.78 is 19.1. The number of hydrogen-bond donors (Lipinski definition) is 0. The zero-order valence-electron chi connectivity index (χ0n) is 19.1. The van der Waals surface area contributed by atoms with Crippen LogP contribution in [0.4, 0.5) is 4.39 Å². The molecule has 0 N–H and O–H groups in total. The quantitative estimate of drug-likeness (QED) is 0.300. The molecule has 0 spiro atoms. The first-order chi connectivity index (χ1) is 15.2. The molecule has 31 heavy (non-hydrogen) atoms.